The number of nitrogens with zero attached hydrogens (tertiary/aromatic N) is 3. The summed E-state index contributed by atoms with van der Waals surface area (Å²) in [6.45, 7) is 0.924. The largest absolute Gasteiger partial charge is 0.271 e. The molecule has 0 unspecified atom stereocenters. The summed E-state index contributed by atoms with van der Waals surface area (Å²) in [6.07, 6.45) is 7.40. The summed E-state index contributed by atoms with van der Waals surface area (Å²) < 4.78 is 0. The van der Waals surface area contributed by atoms with E-state index in [9.17, 15) is 0 Å². The monoisotopic (exact) mass is 188 g/mol. The third-order valence-corrected chi connectivity index (χ3v) is 1.99. The number of rotatable bonds is 2. The summed E-state index contributed by atoms with van der Waals surface area (Å²) >= 11 is 0. The Labute approximate surface area is 82.8 Å². The van der Waals surface area contributed by atoms with Gasteiger partial charge in [0.15, 0.2) is 0 Å². The molecule has 1 aliphatic rings. The van der Waals surface area contributed by atoms with Crippen LogP contribution in [0.25, 0.3) is 0 Å². The zero-order chi connectivity index (χ0) is 9.64. The first-order valence-corrected chi connectivity index (χ1v) is 4.67. The van der Waals surface area contributed by atoms with Gasteiger partial charge >= 0.3 is 0 Å². The molecular formula is C10H12N4. The molecule has 0 aromatic carbocycles. The lowest BCUT2D eigenvalue weighted by Gasteiger charge is -1.96. The Balaban J connectivity index is 1.88. The van der Waals surface area contributed by atoms with Crippen LogP contribution in [-0.2, 0) is 0 Å². The molecule has 0 atom stereocenters. The fourth-order valence-electron chi connectivity index (χ4n) is 1.26. The number of pyridine rings is 1. The standard InChI is InChI=1S/C10H12N4/c1-2-10(12-5-1)14-13-8-9-3-6-11-7-4-9/h3-4,6-8H,1-2,5H2,(H,12,14)/b13-8+. The Kier molecular flexibility index (Phi) is 2.85. The molecule has 2 heterocycles. The van der Waals surface area contributed by atoms with Gasteiger partial charge < -0.3 is 0 Å². The SMILES string of the molecule is C(=N\NC1=NCCC1)/c1ccncc1. The van der Waals surface area contributed by atoms with Crippen LogP contribution in [0, 0.1) is 0 Å². The molecule has 0 radical (unpaired) electrons. The molecule has 1 aliphatic heterocycles. The van der Waals surface area contributed by atoms with Gasteiger partial charge in [-0.2, -0.15) is 5.10 Å². The Hall–Kier alpha value is -1.71. The minimum atomic E-state index is 0.924. The van der Waals surface area contributed by atoms with Crippen LogP contribution in [-0.4, -0.2) is 23.6 Å². The molecular weight excluding hydrogens is 176 g/mol. The third kappa shape index (κ3) is 2.39. The predicted molar refractivity (Wildman–Crippen MR) is 56.5 cm³/mol. The predicted octanol–water partition coefficient (Wildman–Crippen LogP) is 1.20. The topological polar surface area (TPSA) is 49.6 Å². The number of hydrogen-bond donors (Lipinski definition) is 1. The number of aromatic nitrogens is 1. The second-order valence-corrected chi connectivity index (χ2v) is 3.08. The van der Waals surface area contributed by atoms with Gasteiger partial charge in [0.05, 0.1) is 6.21 Å². The molecule has 14 heavy (non-hydrogen) atoms. The van der Waals surface area contributed by atoms with Crippen molar-refractivity contribution in [3.8, 4) is 0 Å². The van der Waals surface area contributed by atoms with Crippen LogP contribution in [0.1, 0.15) is 18.4 Å². The van der Waals surface area contributed by atoms with Gasteiger partial charge in [-0.15, -0.1) is 0 Å². The van der Waals surface area contributed by atoms with Crippen molar-refractivity contribution in [1.82, 2.24) is 10.4 Å². The van der Waals surface area contributed by atoms with E-state index in [2.05, 4.69) is 20.5 Å². The van der Waals surface area contributed by atoms with E-state index in [0.29, 0.717) is 0 Å². The third-order valence-electron chi connectivity index (χ3n) is 1.99. The molecule has 0 aliphatic carbocycles. The van der Waals surface area contributed by atoms with Gasteiger partial charge in [-0.3, -0.25) is 15.4 Å². The minimum absolute atomic E-state index is 0.924. The Morgan fingerprint density at radius 1 is 1.36 bits per heavy atom. The molecule has 0 amide bonds. The summed E-state index contributed by atoms with van der Waals surface area (Å²) in [5.74, 6) is 0.982. The molecule has 1 aromatic heterocycles. The Bertz CT molecular complexity index is 342. The van der Waals surface area contributed by atoms with Crippen LogP contribution >= 0.6 is 0 Å². The van der Waals surface area contributed by atoms with Crippen molar-refractivity contribution in [2.24, 2.45) is 10.1 Å². The van der Waals surface area contributed by atoms with Gasteiger partial charge in [0.25, 0.3) is 0 Å². The Morgan fingerprint density at radius 3 is 2.93 bits per heavy atom. The van der Waals surface area contributed by atoms with Crippen molar-refractivity contribution >= 4 is 12.1 Å². The number of hydrogen-bond acceptors (Lipinski definition) is 4. The van der Waals surface area contributed by atoms with Gasteiger partial charge in [0, 0.05) is 25.4 Å². The van der Waals surface area contributed by atoms with Crippen LogP contribution in [0.4, 0.5) is 0 Å². The van der Waals surface area contributed by atoms with E-state index in [4.69, 9.17) is 0 Å². The Morgan fingerprint density at radius 2 is 2.21 bits per heavy atom. The summed E-state index contributed by atoms with van der Waals surface area (Å²) in [5.41, 5.74) is 3.96. The van der Waals surface area contributed by atoms with E-state index < -0.39 is 0 Å². The van der Waals surface area contributed by atoms with E-state index in [1.54, 1.807) is 18.6 Å². The van der Waals surface area contributed by atoms with Crippen molar-refractivity contribution in [1.29, 1.82) is 0 Å². The maximum atomic E-state index is 4.25. The van der Waals surface area contributed by atoms with Crippen molar-refractivity contribution in [3.63, 3.8) is 0 Å². The van der Waals surface area contributed by atoms with Gasteiger partial charge in [0.1, 0.15) is 5.84 Å². The van der Waals surface area contributed by atoms with Crippen LogP contribution in [0.2, 0.25) is 0 Å². The number of hydrazone groups is 1. The highest BCUT2D eigenvalue weighted by atomic mass is 15.3. The zero-order valence-electron chi connectivity index (χ0n) is 7.85. The van der Waals surface area contributed by atoms with Crippen molar-refractivity contribution in [2.45, 2.75) is 12.8 Å². The van der Waals surface area contributed by atoms with Crippen LogP contribution in [0.15, 0.2) is 34.6 Å². The lowest BCUT2D eigenvalue weighted by Crippen LogP contribution is -2.14. The molecule has 0 fully saturated rings. The smallest absolute Gasteiger partial charge is 0.117 e. The van der Waals surface area contributed by atoms with Gasteiger partial charge in [0.2, 0.25) is 0 Å². The normalized spacial score (nSPS) is 15.9. The second-order valence-electron chi connectivity index (χ2n) is 3.08. The minimum Gasteiger partial charge on any atom is -0.271 e. The summed E-state index contributed by atoms with van der Waals surface area (Å²) in [7, 11) is 0. The first-order valence-electron chi connectivity index (χ1n) is 4.67. The first-order chi connectivity index (χ1) is 6.95. The molecule has 0 saturated carbocycles. The molecule has 72 valence electrons. The van der Waals surface area contributed by atoms with Crippen molar-refractivity contribution in [2.75, 3.05) is 6.54 Å². The maximum absolute atomic E-state index is 4.25. The average Bonchev–Trinajstić information content (AvgIpc) is 2.72. The van der Waals surface area contributed by atoms with E-state index in [0.717, 1.165) is 30.8 Å². The molecule has 1 aromatic rings. The number of aliphatic imine (C=N–C) groups is 1. The molecule has 4 nitrogen and oxygen atoms in total. The van der Waals surface area contributed by atoms with Crippen molar-refractivity contribution < 1.29 is 0 Å². The highest BCUT2D eigenvalue weighted by molar-refractivity contribution is 5.85. The summed E-state index contributed by atoms with van der Waals surface area (Å²) in [5, 5.41) is 4.09. The molecule has 1 N–H and O–H groups in total. The van der Waals surface area contributed by atoms with Crippen LogP contribution in [0.5, 0.6) is 0 Å². The second kappa shape index (κ2) is 4.50. The van der Waals surface area contributed by atoms with Gasteiger partial charge in [-0.1, -0.05) is 0 Å². The van der Waals surface area contributed by atoms with Crippen LogP contribution < -0.4 is 5.43 Å². The lowest BCUT2D eigenvalue weighted by atomic mass is 10.3. The van der Waals surface area contributed by atoms with Crippen molar-refractivity contribution in [3.05, 3.63) is 30.1 Å². The van der Waals surface area contributed by atoms with Gasteiger partial charge in [-0.05, 0) is 24.1 Å². The van der Waals surface area contributed by atoms with E-state index in [1.165, 1.54) is 0 Å². The maximum Gasteiger partial charge on any atom is 0.117 e. The number of nitrogens with one attached hydrogen (secondary N) is 1. The van der Waals surface area contributed by atoms with Crippen LogP contribution in [0.3, 0.4) is 0 Å². The highest BCUT2D eigenvalue weighted by Gasteiger charge is 2.02. The molecule has 0 bridgehead atoms. The quantitative estimate of drug-likeness (QED) is 0.560. The molecule has 2 rings (SSSR count). The molecule has 4 heteroatoms. The highest BCUT2D eigenvalue weighted by Crippen LogP contribution is 2.00. The van der Waals surface area contributed by atoms with Gasteiger partial charge in [-0.25, -0.2) is 0 Å². The zero-order valence-corrected chi connectivity index (χ0v) is 7.85. The first kappa shape index (κ1) is 8.87. The fraction of sp³-hybridized carbons (Fsp3) is 0.300. The van der Waals surface area contributed by atoms with E-state index in [1.807, 2.05) is 12.1 Å². The summed E-state index contributed by atoms with van der Waals surface area (Å²) in [4.78, 5) is 8.17. The molecule has 0 spiro atoms. The number of amidine groups is 1. The average molecular weight is 188 g/mol. The van der Waals surface area contributed by atoms with E-state index >= 15 is 0 Å². The fourth-order valence-corrected chi connectivity index (χ4v) is 1.26. The molecule has 0 saturated heterocycles. The lowest BCUT2D eigenvalue weighted by molar-refractivity contribution is 0.937. The summed E-state index contributed by atoms with van der Waals surface area (Å²) in [6, 6.07) is 3.81. The van der Waals surface area contributed by atoms with E-state index in [-0.39, 0.29) is 0 Å².